The Bertz CT molecular complexity index is 395. The van der Waals surface area contributed by atoms with Gasteiger partial charge >= 0.3 is 0 Å². The molecular formula is C13H20N2O2. The van der Waals surface area contributed by atoms with Crippen LogP contribution in [0.25, 0.3) is 0 Å². The highest BCUT2D eigenvalue weighted by atomic mass is 16.5. The van der Waals surface area contributed by atoms with Crippen LogP contribution < -0.4 is 20.1 Å². The summed E-state index contributed by atoms with van der Waals surface area (Å²) < 4.78 is 11.2. The van der Waals surface area contributed by atoms with E-state index in [1.54, 1.807) is 7.11 Å². The zero-order valence-electron chi connectivity index (χ0n) is 10.6. The van der Waals surface area contributed by atoms with Crippen LogP contribution in [0.1, 0.15) is 13.3 Å². The van der Waals surface area contributed by atoms with Gasteiger partial charge in [-0.15, -0.1) is 0 Å². The number of benzene rings is 1. The highest BCUT2D eigenvalue weighted by molar-refractivity contribution is 5.63. The van der Waals surface area contributed by atoms with Crippen molar-refractivity contribution >= 4 is 5.69 Å². The number of hydrogen-bond donors (Lipinski definition) is 1. The molecule has 4 heteroatoms. The number of rotatable bonds is 3. The van der Waals surface area contributed by atoms with Crippen LogP contribution in [0, 0.1) is 0 Å². The SMILES string of the molecule is COc1ccc2c(c1)N(C)C(C)C(CCN)O2. The lowest BCUT2D eigenvalue weighted by Crippen LogP contribution is -2.46. The lowest BCUT2D eigenvalue weighted by Gasteiger charge is -2.39. The van der Waals surface area contributed by atoms with Crippen LogP contribution in [0.3, 0.4) is 0 Å². The third kappa shape index (κ3) is 2.17. The van der Waals surface area contributed by atoms with E-state index in [0.717, 1.165) is 23.6 Å². The minimum Gasteiger partial charge on any atom is -0.497 e. The van der Waals surface area contributed by atoms with Gasteiger partial charge < -0.3 is 20.1 Å². The molecule has 0 saturated carbocycles. The molecule has 1 aromatic carbocycles. The normalized spacial score (nSPS) is 22.9. The lowest BCUT2D eigenvalue weighted by molar-refractivity contribution is 0.153. The second-order valence-corrected chi connectivity index (χ2v) is 4.42. The Hall–Kier alpha value is -1.42. The van der Waals surface area contributed by atoms with Gasteiger partial charge in [-0.05, 0) is 32.0 Å². The molecule has 94 valence electrons. The van der Waals surface area contributed by atoms with Gasteiger partial charge in [-0.2, -0.15) is 0 Å². The minimum absolute atomic E-state index is 0.158. The molecule has 0 aliphatic carbocycles. The second-order valence-electron chi connectivity index (χ2n) is 4.42. The lowest BCUT2D eigenvalue weighted by atomic mass is 10.0. The summed E-state index contributed by atoms with van der Waals surface area (Å²) >= 11 is 0. The predicted molar refractivity (Wildman–Crippen MR) is 68.9 cm³/mol. The summed E-state index contributed by atoms with van der Waals surface area (Å²) in [5.41, 5.74) is 6.69. The summed E-state index contributed by atoms with van der Waals surface area (Å²) in [6.45, 7) is 2.80. The van der Waals surface area contributed by atoms with E-state index < -0.39 is 0 Å². The molecule has 17 heavy (non-hydrogen) atoms. The van der Waals surface area contributed by atoms with Crippen LogP contribution in [0.2, 0.25) is 0 Å². The molecule has 0 fully saturated rings. The van der Waals surface area contributed by atoms with Crippen LogP contribution in [0.4, 0.5) is 5.69 Å². The second kappa shape index (κ2) is 4.84. The molecule has 0 spiro atoms. The van der Waals surface area contributed by atoms with Gasteiger partial charge in [0, 0.05) is 13.1 Å². The summed E-state index contributed by atoms with van der Waals surface area (Å²) in [4.78, 5) is 2.22. The Morgan fingerprint density at radius 2 is 2.24 bits per heavy atom. The minimum atomic E-state index is 0.158. The van der Waals surface area contributed by atoms with Gasteiger partial charge in [0.2, 0.25) is 0 Å². The quantitative estimate of drug-likeness (QED) is 0.866. The van der Waals surface area contributed by atoms with Crippen molar-refractivity contribution in [1.29, 1.82) is 0 Å². The van der Waals surface area contributed by atoms with E-state index in [1.807, 2.05) is 18.2 Å². The third-order valence-electron chi connectivity index (χ3n) is 3.42. The number of ether oxygens (including phenoxy) is 2. The first-order valence-electron chi connectivity index (χ1n) is 5.95. The van der Waals surface area contributed by atoms with E-state index in [0.29, 0.717) is 12.6 Å². The monoisotopic (exact) mass is 236 g/mol. The smallest absolute Gasteiger partial charge is 0.143 e. The Labute approximate surface area is 102 Å². The van der Waals surface area contributed by atoms with Crippen molar-refractivity contribution < 1.29 is 9.47 Å². The summed E-state index contributed by atoms with van der Waals surface area (Å²) in [5.74, 6) is 1.76. The molecule has 0 saturated heterocycles. The maximum absolute atomic E-state index is 5.98. The van der Waals surface area contributed by atoms with Gasteiger partial charge in [0.25, 0.3) is 0 Å². The van der Waals surface area contributed by atoms with Crippen molar-refractivity contribution in [2.24, 2.45) is 5.73 Å². The van der Waals surface area contributed by atoms with Crippen molar-refractivity contribution in [2.75, 3.05) is 25.6 Å². The molecule has 2 atom stereocenters. The van der Waals surface area contributed by atoms with Crippen LogP contribution >= 0.6 is 0 Å². The first kappa shape index (κ1) is 12.0. The molecular weight excluding hydrogens is 216 g/mol. The van der Waals surface area contributed by atoms with Gasteiger partial charge in [0.05, 0.1) is 18.8 Å². The average molecular weight is 236 g/mol. The van der Waals surface area contributed by atoms with Gasteiger partial charge in [-0.25, -0.2) is 0 Å². The van der Waals surface area contributed by atoms with E-state index >= 15 is 0 Å². The average Bonchev–Trinajstić information content (AvgIpc) is 2.35. The molecule has 2 unspecified atom stereocenters. The van der Waals surface area contributed by atoms with Crippen molar-refractivity contribution in [1.82, 2.24) is 0 Å². The molecule has 1 aromatic rings. The van der Waals surface area contributed by atoms with E-state index in [9.17, 15) is 0 Å². The number of nitrogens with two attached hydrogens (primary N) is 1. The van der Waals surface area contributed by atoms with E-state index in [4.69, 9.17) is 15.2 Å². The Morgan fingerprint density at radius 1 is 1.47 bits per heavy atom. The molecule has 0 radical (unpaired) electrons. The number of likely N-dealkylation sites (N-methyl/N-ethyl adjacent to an activating group) is 1. The third-order valence-corrected chi connectivity index (χ3v) is 3.42. The fourth-order valence-corrected chi connectivity index (χ4v) is 2.19. The zero-order chi connectivity index (χ0) is 12.4. The van der Waals surface area contributed by atoms with Gasteiger partial charge in [-0.3, -0.25) is 0 Å². The molecule has 1 aliphatic rings. The zero-order valence-corrected chi connectivity index (χ0v) is 10.6. The molecule has 0 bridgehead atoms. The maximum Gasteiger partial charge on any atom is 0.143 e. The predicted octanol–water partition coefficient (Wildman–Crippen LogP) is 1.63. The van der Waals surface area contributed by atoms with Crippen molar-refractivity contribution in [2.45, 2.75) is 25.5 Å². The molecule has 2 N–H and O–H groups in total. The molecule has 1 aliphatic heterocycles. The Morgan fingerprint density at radius 3 is 2.88 bits per heavy atom. The van der Waals surface area contributed by atoms with Crippen molar-refractivity contribution in [3.63, 3.8) is 0 Å². The summed E-state index contributed by atoms with van der Waals surface area (Å²) in [6.07, 6.45) is 1.03. The van der Waals surface area contributed by atoms with Crippen molar-refractivity contribution in [3.8, 4) is 11.5 Å². The number of fused-ring (bicyclic) bond motifs is 1. The fourth-order valence-electron chi connectivity index (χ4n) is 2.19. The Kier molecular flexibility index (Phi) is 3.43. The maximum atomic E-state index is 5.98. The highest BCUT2D eigenvalue weighted by Crippen LogP contribution is 2.38. The van der Waals surface area contributed by atoms with Crippen LogP contribution in [0.5, 0.6) is 11.5 Å². The molecule has 4 nitrogen and oxygen atoms in total. The molecule has 0 amide bonds. The van der Waals surface area contributed by atoms with E-state index in [-0.39, 0.29) is 6.10 Å². The highest BCUT2D eigenvalue weighted by Gasteiger charge is 2.30. The van der Waals surface area contributed by atoms with Crippen LogP contribution in [-0.2, 0) is 0 Å². The number of anilines is 1. The standard InChI is InChI=1S/C13H20N2O2/c1-9-12(6-7-14)17-13-5-4-10(16-3)8-11(13)15(9)2/h4-5,8-9,12H,6-7,14H2,1-3H3. The van der Waals surface area contributed by atoms with E-state index in [2.05, 4.69) is 18.9 Å². The first-order chi connectivity index (χ1) is 8.17. The Balaban J connectivity index is 2.31. The van der Waals surface area contributed by atoms with Gasteiger partial charge in [0.1, 0.15) is 17.6 Å². The summed E-state index contributed by atoms with van der Waals surface area (Å²) in [6, 6.07) is 6.20. The molecule has 2 rings (SSSR count). The summed E-state index contributed by atoms with van der Waals surface area (Å²) in [5, 5.41) is 0. The fraction of sp³-hybridized carbons (Fsp3) is 0.538. The molecule has 0 aromatic heterocycles. The van der Waals surface area contributed by atoms with Crippen LogP contribution in [-0.4, -0.2) is 32.8 Å². The van der Waals surface area contributed by atoms with Gasteiger partial charge in [-0.1, -0.05) is 0 Å². The first-order valence-corrected chi connectivity index (χ1v) is 5.95. The topological polar surface area (TPSA) is 47.7 Å². The number of nitrogens with zero attached hydrogens (tertiary/aromatic N) is 1. The van der Waals surface area contributed by atoms with Gasteiger partial charge in [0.15, 0.2) is 0 Å². The van der Waals surface area contributed by atoms with E-state index in [1.165, 1.54) is 0 Å². The largest absolute Gasteiger partial charge is 0.497 e. The summed E-state index contributed by atoms with van der Waals surface area (Å²) in [7, 11) is 3.75. The number of hydrogen-bond acceptors (Lipinski definition) is 4. The van der Waals surface area contributed by atoms with Crippen molar-refractivity contribution in [3.05, 3.63) is 18.2 Å². The van der Waals surface area contributed by atoms with Crippen LogP contribution in [0.15, 0.2) is 18.2 Å². The number of methoxy groups -OCH3 is 1. The molecule has 1 heterocycles.